The molecule has 39 heavy (non-hydrogen) atoms. The Kier molecular flexibility index (Phi) is 9.99. The van der Waals surface area contributed by atoms with Crippen LogP contribution in [-0.4, -0.2) is 50.9 Å². The van der Waals surface area contributed by atoms with Crippen molar-refractivity contribution in [1.82, 2.24) is 10.2 Å². The molecule has 8 nitrogen and oxygen atoms in total. The van der Waals surface area contributed by atoms with E-state index in [9.17, 15) is 18.0 Å². The van der Waals surface area contributed by atoms with Crippen molar-refractivity contribution < 1.29 is 22.7 Å². The first kappa shape index (κ1) is 30.0. The van der Waals surface area contributed by atoms with Gasteiger partial charge in [0.25, 0.3) is 10.0 Å². The Morgan fingerprint density at radius 3 is 2.05 bits per heavy atom. The maximum Gasteiger partial charge on any atom is 0.264 e. The summed E-state index contributed by atoms with van der Waals surface area (Å²) < 4.78 is 33.9. The SMILES string of the molecule is COc1ccc(N(CC(=O)N(Cc2ccc(Cl)cc2)[C@H](C)C(=O)NC(C)C)S(=O)(=O)c2ccc(C)cc2)cc1. The number of hydrogen-bond acceptors (Lipinski definition) is 5. The van der Waals surface area contributed by atoms with Crippen LogP contribution in [0.25, 0.3) is 0 Å². The van der Waals surface area contributed by atoms with E-state index >= 15 is 0 Å². The Morgan fingerprint density at radius 1 is 0.923 bits per heavy atom. The number of ether oxygens (including phenoxy) is 1. The molecule has 0 spiro atoms. The molecule has 0 heterocycles. The van der Waals surface area contributed by atoms with E-state index in [0.717, 1.165) is 15.4 Å². The van der Waals surface area contributed by atoms with Crippen molar-refractivity contribution in [3.05, 3.63) is 88.9 Å². The standard InChI is InChI=1S/C29H34ClN3O5S/c1-20(2)31-29(35)22(4)32(18-23-8-10-24(30)11-9-23)28(34)19-33(25-12-14-26(38-5)15-13-25)39(36,37)27-16-6-21(3)7-17-27/h6-17,20,22H,18-19H2,1-5H3,(H,31,35)/t22-/m1/s1. The summed E-state index contributed by atoms with van der Waals surface area (Å²) in [5, 5.41) is 3.37. The number of halogens is 1. The first-order valence-electron chi connectivity index (χ1n) is 12.5. The number of nitrogens with one attached hydrogen (secondary N) is 1. The zero-order valence-electron chi connectivity index (χ0n) is 22.7. The molecular formula is C29H34ClN3O5S. The van der Waals surface area contributed by atoms with Crippen LogP contribution in [0.1, 0.15) is 31.9 Å². The van der Waals surface area contributed by atoms with Gasteiger partial charge >= 0.3 is 0 Å². The van der Waals surface area contributed by atoms with Crippen molar-refractivity contribution in [2.75, 3.05) is 18.0 Å². The predicted octanol–water partition coefficient (Wildman–Crippen LogP) is 4.79. The van der Waals surface area contributed by atoms with E-state index < -0.39 is 28.5 Å². The molecule has 10 heteroatoms. The lowest BCUT2D eigenvalue weighted by atomic mass is 10.1. The van der Waals surface area contributed by atoms with Gasteiger partial charge in [-0.2, -0.15) is 0 Å². The summed E-state index contributed by atoms with van der Waals surface area (Å²) in [6, 6.07) is 18.8. The van der Waals surface area contributed by atoms with E-state index in [1.807, 2.05) is 20.8 Å². The lowest BCUT2D eigenvalue weighted by Gasteiger charge is -2.32. The minimum Gasteiger partial charge on any atom is -0.497 e. The molecule has 3 rings (SSSR count). The third kappa shape index (κ3) is 7.74. The summed E-state index contributed by atoms with van der Waals surface area (Å²) in [6.45, 7) is 6.71. The van der Waals surface area contributed by atoms with Gasteiger partial charge in [0.05, 0.1) is 17.7 Å². The van der Waals surface area contributed by atoms with Crippen LogP contribution in [0.5, 0.6) is 5.75 Å². The average Bonchev–Trinajstić information content (AvgIpc) is 2.90. The maximum atomic E-state index is 13.9. The van der Waals surface area contributed by atoms with E-state index in [0.29, 0.717) is 10.8 Å². The van der Waals surface area contributed by atoms with Gasteiger partial charge in [0, 0.05) is 17.6 Å². The van der Waals surface area contributed by atoms with Crippen LogP contribution < -0.4 is 14.4 Å². The molecule has 0 saturated heterocycles. The number of anilines is 1. The maximum absolute atomic E-state index is 13.9. The second kappa shape index (κ2) is 13.0. The first-order chi connectivity index (χ1) is 18.4. The van der Waals surface area contributed by atoms with E-state index in [2.05, 4.69) is 5.32 Å². The summed E-state index contributed by atoms with van der Waals surface area (Å²) in [5.74, 6) is -0.339. The Balaban J connectivity index is 2.03. The van der Waals surface area contributed by atoms with Crippen LogP contribution >= 0.6 is 11.6 Å². The number of carbonyl (C=O) groups excluding carboxylic acids is 2. The van der Waals surface area contributed by atoms with E-state index in [1.54, 1.807) is 67.6 Å². The van der Waals surface area contributed by atoms with Crippen molar-refractivity contribution in [3.63, 3.8) is 0 Å². The fourth-order valence-electron chi connectivity index (χ4n) is 3.89. The molecule has 0 aromatic heterocycles. The molecule has 0 aliphatic carbocycles. The molecule has 1 N–H and O–H groups in total. The van der Waals surface area contributed by atoms with Crippen molar-refractivity contribution in [1.29, 1.82) is 0 Å². The fourth-order valence-corrected chi connectivity index (χ4v) is 5.43. The summed E-state index contributed by atoms with van der Waals surface area (Å²) in [6.07, 6.45) is 0. The molecule has 0 radical (unpaired) electrons. The van der Waals surface area contributed by atoms with Gasteiger partial charge in [-0.05, 0) is 81.8 Å². The van der Waals surface area contributed by atoms with E-state index in [1.165, 1.54) is 24.1 Å². The molecule has 208 valence electrons. The lowest BCUT2D eigenvalue weighted by Crippen LogP contribution is -2.52. The normalized spacial score (nSPS) is 12.1. The number of methoxy groups -OCH3 is 1. The summed E-state index contributed by atoms with van der Waals surface area (Å²) in [5.41, 5.74) is 1.94. The zero-order valence-corrected chi connectivity index (χ0v) is 24.3. The van der Waals surface area contributed by atoms with Crippen molar-refractivity contribution in [3.8, 4) is 5.75 Å². The minimum absolute atomic E-state index is 0.0477. The lowest BCUT2D eigenvalue weighted by molar-refractivity contribution is -0.139. The number of sulfonamides is 1. The monoisotopic (exact) mass is 571 g/mol. The predicted molar refractivity (Wildman–Crippen MR) is 153 cm³/mol. The molecule has 0 aliphatic rings. The number of carbonyl (C=O) groups is 2. The molecule has 3 aromatic carbocycles. The van der Waals surface area contributed by atoms with Gasteiger partial charge in [0.1, 0.15) is 18.3 Å². The van der Waals surface area contributed by atoms with Gasteiger partial charge in [0.2, 0.25) is 11.8 Å². The molecule has 0 unspecified atom stereocenters. The topological polar surface area (TPSA) is 96.0 Å². The van der Waals surface area contributed by atoms with Crippen LogP contribution in [-0.2, 0) is 26.2 Å². The first-order valence-corrected chi connectivity index (χ1v) is 14.3. The third-order valence-electron chi connectivity index (χ3n) is 6.11. The van der Waals surface area contributed by atoms with E-state index in [-0.39, 0.29) is 29.1 Å². The van der Waals surface area contributed by atoms with Gasteiger partial charge in [-0.15, -0.1) is 0 Å². The highest BCUT2D eigenvalue weighted by atomic mass is 35.5. The highest BCUT2D eigenvalue weighted by Crippen LogP contribution is 2.27. The number of amides is 2. The molecule has 0 saturated carbocycles. The third-order valence-corrected chi connectivity index (χ3v) is 8.15. The van der Waals surface area contributed by atoms with Gasteiger partial charge in [-0.25, -0.2) is 8.42 Å². The second-order valence-electron chi connectivity index (χ2n) is 9.51. The smallest absolute Gasteiger partial charge is 0.264 e. The Labute approximate surface area is 235 Å². The molecular weight excluding hydrogens is 538 g/mol. The van der Waals surface area contributed by atoms with Crippen LogP contribution in [0.15, 0.2) is 77.7 Å². The van der Waals surface area contributed by atoms with Crippen LogP contribution in [0.2, 0.25) is 5.02 Å². The van der Waals surface area contributed by atoms with Crippen molar-refractivity contribution >= 4 is 39.1 Å². The fraction of sp³-hybridized carbons (Fsp3) is 0.310. The van der Waals surface area contributed by atoms with Crippen molar-refractivity contribution in [2.24, 2.45) is 0 Å². The van der Waals surface area contributed by atoms with Gasteiger partial charge in [0.15, 0.2) is 0 Å². The van der Waals surface area contributed by atoms with Gasteiger partial charge < -0.3 is 15.0 Å². The summed E-state index contributed by atoms with van der Waals surface area (Å²) in [4.78, 5) is 28.2. The molecule has 2 amide bonds. The minimum atomic E-state index is -4.14. The highest BCUT2D eigenvalue weighted by Gasteiger charge is 2.32. The van der Waals surface area contributed by atoms with Crippen LogP contribution in [0, 0.1) is 6.92 Å². The molecule has 3 aromatic rings. The molecule has 0 aliphatic heterocycles. The largest absolute Gasteiger partial charge is 0.497 e. The molecule has 0 fully saturated rings. The van der Waals surface area contributed by atoms with E-state index in [4.69, 9.17) is 16.3 Å². The highest BCUT2D eigenvalue weighted by molar-refractivity contribution is 7.92. The number of rotatable bonds is 11. The summed E-state index contributed by atoms with van der Waals surface area (Å²) >= 11 is 6.03. The van der Waals surface area contributed by atoms with Gasteiger partial charge in [-0.1, -0.05) is 41.4 Å². The zero-order chi connectivity index (χ0) is 28.7. The van der Waals surface area contributed by atoms with Crippen molar-refractivity contribution in [2.45, 2.75) is 51.2 Å². The summed E-state index contributed by atoms with van der Waals surface area (Å²) in [7, 11) is -2.62. The number of hydrogen-bond donors (Lipinski definition) is 1. The number of nitrogens with zero attached hydrogens (tertiary/aromatic N) is 2. The molecule has 0 bridgehead atoms. The molecule has 1 atom stereocenters. The van der Waals surface area contributed by atoms with Crippen LogP contribution in [0.4, 0.5) is 5.69 Å². The van der Waals surface area contributed by atoms with Gasteiger partial charge in [-0.3, -0.25) is 13.9 Å². The number of aryl methyl sites for hydroxylation is 1. The van der Waals surface area contributed by atoms with Crippen LogP contribution in [0.3, 0.4) is 0 Å². The average molecular weight is 572 g/mol. The Hall–Kier alpha value is -3.56. The number of benzene rings is 3. The Bertz CT molecular complexity index is 1380. The second-order valence-corrected chi connectivity index (χ2v) is 11.8. The quantitative estimate of drug-likeness (QED) is 0.357. The Morgan fingerprint density at radius 2 is 1.51 bits per heavy atom.